The van der Waals surface area contributed by atoms with Crippen molar-refractivity contribution in [2.45, 2.75) is 37.6 Å². The number of anilines is 2. The predicted octanol–water partition coefficient (Wildman–Crippen LogP) is 2.94. The average molecular weight is 368 g/mol. The molecule has 3 rings (SSSR count). The third-order valence-electron chi connectivity index (χ3n) is 4.83. The van der Waals surface area contributed by atoms with Crippen molar-refractivity contribution in [3.8, 4) is 5.75 Å². The van der Waals surface area contributed by atoms with E-state index in [4.69, 9.17) is 10.5 Å². The minimum atomic E-state index is -0.821. The Morgan fingerprint density at radius 1 is 1.15 bits per heavy atom. The summed E-state index contributed by atoms with van der Waals surface area (Å²) >= 11 is 0. The Labute approximate surface area is 158 Å². The molecule has 27 heavy (non-hydrogen) atoms. The summed E-state index contributed by atoms with van der Waals surface area (Å²) in [6.45, 7) is 0. The molecule has 1 aliphatic carbocycles. The molecule has 0 aliphatic heterocycles. The zero-order chi connectivity index (χ0) is 19.3. The minimum absolute atomic E-state index is 0.184. The summed E-state index contributed by atoms with van der Waals surface area (Å²) in [5.74, 6) is -0.0301. The molecule has 7 heteroatoms. The van der Waals surface area contributed by atoms with Crippen LogP contribution >= 0.6 is 0 Å². The highest BCUT2D eigenvalue weighted by atomic mass is 16.5. The first-order chi connectivity index (χ1) is 13.0. The third kappa shape index (κ3) is 4.43. The fourth-order valence-corrected chi connectivity index (χ4v) is 3.23. The first-order valence-corrected chi connectivity index (χ1v) is 9.01. The van der Waals surface area contributed by atoms with Gasteiger partial charge in [-0.3, -0.25) is 14.6 Å². The average Bonchev–Trinajstić information content (AvgIpc) is 2.70. The molecule has 142 valence electrons. The molecule has 1 aromatic heterocycles. The van der Waals surface area contributed by atoms with Crippen molar-refractivity contribution < 1.29 is 14.3 Å². The molecule has 0 spiro atoms. The molecule has 0 atom stereocenters. The molecule has 0 saturated heterocycles. The standard InChI is InChI=1S/C20H24N4O3/c1-27-17-12-15(23-19(26)20(21)9-3-2-4-10-20)7-8-16(17)24-18(25)14-6-5-11-22-13-14/h5-8,11-13H,2-4,9-10,21H2,1H3,(H,23,26)(H,24,25). The van der Waals surface area contributed by atoms with Gasteiger partial charge < -0.3 is 21.1 Å². The summed E-state index contributed by atoms with van der Waals surface area (Å²) in [5.41, 5.74) is 6.98. The molecular formula is C20H24N4O3. The molecule has 0 bridgehead atoms. The van der Waals surface area contributed by atoms with E-state index in [1.165, 1.54) is 13.3 Å². The van der Waals surface area contributed by atoms with Crippen LogP contribution in [0, 0.1) is 0 Å². The van der Waals surface area contributed by atoms with Crippen molar-refractivity contribution in [2.75, 3.05) is 17.7 Å². The highest BCUT2D eigenvalue weighted by Crippen LogP contribution is 2.31. The minimum Gasteiger partial charge on any atom is -0.494 e. The van der Waals surface area contributed by atoms with E-state index in [0.29, 0.717) is 35.5 Å². The molecule has 1 heterocycles. The van der Waals surface area contributed by atoms with Gasteiger partial charge in [-0.1, -0.05) is 19.3 Å². The molecule has 7 nitrogen and oxygen atoms in total. The number of carbonyl (C=O) groups excluding carboxylic acids is 2. The van der Waals surface area contributed by atoms with Gasteiger partial charge in [0.15, 0.2) is 0 Å². The van der Waals surface area contributed by atoms with Crippen molar-refractivity contribution in [1.82, 2.24) is 4.98 Å². The first kappa shape index (κ1) is 18.8. The van der Waals surface area contributed by atoms with Crippen molar-refractivity contribution in [2.24, 2.45) is 5.73 Å². The van der Waals surface area contributed by atoms with Crippen LogP contribution in [0.3, 0.4) is 0 Å². The van der Waals surface area contributed by atoms with Gasteiger partial charge in [-0.2, -0.15) is 0 Å². The van der Waals surface area contributed by atoms with Crippen LogP contribution in [-0.4, -0.2) is 29.4 Å². The van der Waals surface area contributed by atoms with E-state index in [2.05, 4.69) is 15.6 Å². The van der Waals surface area contributed by atoms with Gasteiger partial charge in [0.05, 0.1) is 23.9 Å². The van der Waals surface area contributed by atoms with E-state index in [9.17, 15) is 9.59 Å². The van der Waals surface area contributed by atoms with Crippen LogP contribution in [0.15, 0.2) is 42.7 Å². The van der Waals surface area contributed by atoms with Gasteiger partial charge in [-0.25, -0.2) is 0 Å². The number of nitrogens with two attached hydrogens (primary N) is 1. The van der Waals surface area contributed by atoms with Gasteiger partial charge in [0.1, 0.15) is 5.75 Å². The number of ether oxygens (including phenoxy) is 1. The molecule has 0 radical (unpaired) electrons. The molecule has 4 N–H and O–H groups in total. The van der Waals surface area contributed by atoms with E-state index < -0.39 is 5.54 Å². The van der Waals surface area contributed by atoms with Crippen molar-refractivity contribution in [3.05, 3.63) is 48.3 Å². The number of aromatic nitrogens is 1. The summed E-state index contributed by atoms with van der Waals surface area (Å²) in [6.07, 6.45) is 7.52. The number of hydrogen-bond acceptors (Lipinski definition) is 5. The van der Waals surface area contributed by atoms with Gasteiger partial charge in [0, 0.05) is 24.1 Å². The fraction of sp³-hybridized carbons (Fsp3) is 0.350. The second-order valence-corrected chi connectivity index (χ2v) is 6.78. The highest BCUT2D eigenvalue weighted by molar-refractivity contribution is 6.05. The van der Waals surface area contributed by atoms with Crippen LogP contribution in [-0.2, 0) is 4.79 Å². The molecule has 2 amide bonds. The number of hydrogen-bond donors (Lipinski definition) is 3. The second kappa shape index (κ2) is 8.18. The molecule has 1 aliphatic rings. The Morgan fingerprint density at radius 3 is 2.59 bits per heavy atom. The summed E-state index contributed by atoms with van der Waals surface area (Å²) < 4.78 is 5.36. The predicted molar refractivity (Wildman–Crippen MR) is 104 cm³/mol. The Morgan fingerprint density at radius 2 is 1.93 bits per heavy atom. The normalized spacial score (nSPS) is 15.6. The van der Waals surface area contributed by atoms with Crippen LogP contribution < -0.4 is 21.1 Å². The van der Waals surface area contributed by atoms with Gasteiger partial charge in [-0.05, 0) is 37.1 Å². The van der Waals surface area contributed by atoms with E-state index in [1.807, 2.05) is 0 Å². The van der Waals surface area contributed by atoms with Crippen LogP contribution in [0.5, 0.6) is 5.75 Å². The number of pyridine rings is 1. The smallest absolute Gasteiger partial charge is 0.257 e. The number of rotatable bonds is 5. The zero-order valence-electron chi connectivity index (χ0n) is 15.3. The quantitative estimate of drug-likeness (QED) is 0.752. The van der Waals surface area contributed by atoms with E-state index in [-0.39, 0.29) is 11.8 Å². The van der Waals surface area contributed by atoms with Gasteiger partial charge in [0.25, 0.3) is 5.91 Å². The Balaban J connectivity index is 1.72. The van der Waals surface area contributed by atoms with Crippen LogP contribution in [0.2, 0.25) is 0 Å². The van der Waals surface area contributed by atoms with Crippen molar-refractivity contribution in [1.29, 1.82) is 0 Å². The lowest BCUT2D eigenvalue weighted by atomic mass is 9.82. The monoisotopic (exact) mass is 368 g/mol. The summed E-state index contributed by atoms with van der Waals surface area (Å²) in [7, 11) is 1.51. The van der Waals surface area contributed by atoms with Gasteiger partial charge in [0.2, 0.25) is 5.91 Å². The van der Waals surface area contributed by atoms with E-state index >= 15 is 0 Å². The summed E-state index contributed by atoms with van der Waals surface area (Å²) in [4.78, 5) is 28.8. The first-order valence-electron chi connectivity index (χ1n) is 9.01. The summed E-state index contributed by atoms with van der Waals surface area (Å²) in [6, 6.07) is 8.44. The SMILES string of the molecule is COc1cc(NC(=O)C2(N)CCCCC2)ccc1NC(=O)c1cccnc1. The molecule has 0 unspecified atom stereocenters. The number of methoxy groups -OCH3 is 1. The lowest BCUT2D eigenvalue weighted by Crippen LogP contribution is -2.52. The maximum Gasteiger partial charge on any atom is 0.257 e. The topological polar surface area (TPSA) is 106 Å². The number of amides is 2. The number of carbonyl (C=O) groups is 2. The number of nitrogens with one attached hydrogen (secondary N) is 2. The van der Waals surface area contributed by atoms with Crippen LogP contribution in [0.4, 0.5) is 11.4 Å². The number of nitrogens with zero attached hydrogens (tertiary/aromatic N) is 1. The largest absolute Gasteiger partial charge is 0.494 e. The lowest BCUT2D eigenvalue weighted by Gasteiger charge is -2.31. The van der Waals surface area contributed by atoms with Crippen molar-refractivity contribution >= 4 is 23.2 Å². The van der Waals surface area contributed by atoms with Crippen LogP contribution in [0.1, 0.15) is 42.5 Å². The maximum atomic E-state index is 12.6. The second-order valence-electron chi connectivity index (χ2n) is 6.78. The zero-order valence-corrected chi connectivity index (χ0v) is 15.3. The maximum absolute atomic E-state index is 12.6. The van der Waals surface area contributed by atoms with Crippen LogP contribution in [0.25, 0.3) is 0 Å². The van der Waals surface area contributed by atoms with Gasteiger partial charge in [-0.15, -0.1) is 0 Å². The highest BCUT2D eigenvalue weighted by Gasteiger charge is 2.35. The molecule has 1 saturated carbocycles. The molecule has 1 fully saturated rings. The van der Waals surface area contributed by atoms with E-state index in [1.54, 1.807) is 36.5 Å². The van der Waals surface area contributed by atoms with Crippen molar-refractivity contribution in [3.63, 3.8) is 0 Å². The van der Waals surface area contributed by atoms with E-state index in [0.717, 1.165) is 19.3 Å². The number of benzene rings is 1. The lowest BCUT2D eigenvalue weighted by molar-refractivity contribution is -0.122. The fourth-order valence-electron chi connectivity index (χ4n) is 3.23. The summed E-state index contributed by atoms with van der Waals surface area (Å²) in [5, 5.41) is 5.66. The Hall–Kier alpha value is -2.93. The third-order valence-corrected chi connectivity index (χ3v) is 4.83. The molecule has 1 aromatic carbocycles. The molecular weight excluding hydrogens is 344 g/mol. The van der Waals surface area contributed by atoms with Gasteiger partial charge >= 0.3 is 0 Å². The molecule has 2 aromatic rings. The Bertz CT molecular complexity index is 817. The Kier molecular flexibility index (Phi) is 5.71.